The van der Waals surface area contributed by atoms with Gasteiger partial charge < -0.3 is 15.3 Å². The Morgan fingerprint density at radius 2 is 2.00 bits per heavy atom. The number of aromatic hydroxyl groups is 1. The van der Waals surface area contributed by atoms with E-state index in [0.29, 0.717) is 23.5 Å². The highest BCUT2D eigenvalue weighted by Crippen LogP contribution is 2.62. The molecule has 3 nitrogen and oxygen atoms in total. The topological polar surface area (TPSA) is 60.7 Å². The third-order valence-electron chi connectivity index (χ3n) is 7.07. The lowest BCUT2D eigenvalue weighted by atomic mass is 9.54. The second-order valence-corrected chi connectivity index (χ2v) is 7.94. The molecule has 0 aliphatic heterocycles. The average molecular weight is 302 g/mol. The van der Waals surface area contributed by atoms with Crippen LogP contribution in [-0.2, 0) is 0 Å². The number of benzene rings is 1. The molecule has 6 atom stereocenters. The first-order valence-corrected chi connectivity index (χ1v) is 8.66. The summed E-state index contributed by atoms with van der Waals surface area (Å²) in [5.41, 5.74) is 2.54. The fourth-order valence-corrected chi connectivity index (χ4v) is 5.86. The summed E-state index contributed by atoms with van der Waals surface area (Å²) < 4.78 is 0. The van der Waals surface area contributed by atoms with Crippen LogP contribution in [0.2, 0.25) is 0 Å². The fourth-order valence-electron chi connectivity index (χ4n) is 5.86. The Labute approximate surface area is 132 Å². The SMILES string of the molecule is C[C@]12CC[C@@H]3c4ccc(O)cc4C(CO)C[C@H]3[C@@H]1CCC2O. The molecule has 120 valence electrons. The molecule has 2 saturated carbocycles. The van der Waals surface area contributed by atoms with Crippen molar-refractivity contribution in [2.45, 2.75) is 57.0 Å². The molecular weight excluding hydrogens is 276 g/mol. The maximum absolute atomic E-state index is 10.4. The molecule has 4 rings (SSSR count). The van der Waals surface area contributed by atoms with Crippen molar-refractivity contribution in [1.29, 1.82) is 0 Å². The van der Waals surface area contributed by atoms with E-state index in [1.165, 1.54) is 5.56 Å². The molecule has 3 N–H and O–H groups in total. The van der Waals surface area contributed by atoms with Gasteiger partial charge in [-0.3, -0.25) is 0 Å². The molecular formula is C19H26O3. The summed E-state index contributed by atoms with van der Waals surface area (Å²) in [6.45, 7) is 2.41. The fraction of sp³-hybridized carbons (Fsp3) is 0.684. The second-order valence-electron chi connectivity index (χ2n) is 7.94. The van der Waals surface area contributed by atoms with Crippen LogP contribution < -0.4 is 0 Å². The summed E-state index contributed by atoms with van der Waals surface area (Å²) in [4.78, 5) is 0. The number of phenolic OH excluding ortho intramolecular Hbond substituents is 1. The first-order chi connectivity index (χ1) is 10.5. The molecule has 0 saturated heterocycles. The first kappa shape index (κ1) is 14.5. The van der Waals surface area contributed by atoms with Gasteiger partial charge in [0.1, 0.15) is 5.75 Å². The lowest BCUT2D eigenvalue weighted by Crippen LogP contribution is -2.44. The van der Waals surface area contributed by atoms with E-state index in [0.717, 1.165) is 37.7 Å². The number of phenols is 1. The predicted molar refractivity (Wildman–Crippen MR) is 84.9 cm³/mol. The second kappa shape index (κ2) is 4.97. The van der Waals surface area contributed by atoms with Crippen LogP contribution in [0.1, 0.15) is 62.0 Å². The third kappa shape index (κ3) is 1.88. The summed E-state index contributed by atoms with van der Waals surface area (Å²) in [7, 11) is 0. The van der Waals surface area contributed by atoms with E-state index in [9.17, 15) is 15.3 Å². The number of rotatable bonds is 1. The van der Waals surface area contributed by atoms with E-state index in [2.05, 4.69) is 13.0 Å². The Bertz CT molecular complexity index is 584. The van der Waals surface area contributed by atoms with Gasteiger partial charge in [0.05, 0.1) is 6.10 Å². The van der Waals surface area contributed by atoms with Crippen molar-refractivity contribution >= 4 is 0 Å². The minimum atomic E-state index is -0.160. The van der Waals surface area contributed by atoms with Gasteiger partial charge in [-0.05, 0) is 78.5 Å². The molecule has 3 heteroatoms. The zero-order valence-electron chi connectivity index (χ0n) is 13.2. The highest BCUT2D eigenvalue weighted by atomic mass is 16.3. The molecule has 3 aliphatic carbocycles. The molecule has 0 radical (unpaired) electrons. The van der Waals surface area contributed by atoms with Crippen LogP contribution in [-0.4, -0.2) is 28.0 Å². The number of hydrogen-bond acceptors (Lipinski definition) is 3. The van der Waals surface area contributed by atoms with Gasteiger partial charge in [-0.25, -0.2) is 0 Å². The lowest BCUT2D eigenvalue weighted by Gasteiger charge is -2.51. The number of hydrogen-bond donors (Lipinski definition) is 3. The van der Waals surface area contributed by atoms with E-state index in [1.807, 2.05) is 6.07 Å². The van der Waals surface area contributed by atoms with Crippen LogP contribution in [0, 0.1) is 17.3 Å². The molecule has 0 heterocycles. The minimum Gasteiger partial charge on any atom is -0.508 e. The van der Waals surface area contributed by atoms with Gasteiger partial charge in [-0.2, -0.15) is 0 Å². The summed E-state index contributed by atoms with van der Waals surface area (Å²) >= 11 is 0. The van der Waals surface area contributed by atoms with Crippen molar-refractivity contribution in [3.63, 3.8) is 0 Å². The molecule has 3 aliphatic rings. The highest BCUT2D eigenvalue weighted by Gasteiger charge is 2.55. The van der Waals surface area contributed by atoms with Gasteiger partial charge in [-0.15, -0.1) is 0 Å². The van der Waals surface area contributed by atoms with Gasteiger partial charge in [0.2, 0.25) is 0 Å². The smallest absolute Gasteiger partial charge is 0.115 e. The van der Waals surface area contributed by atoms with E-state index >= 15 is 0 Å². The van der Waals surface area contributed by atoms with Crippen LogP contribution in [0.15, 0.2) is 18.2 Å². The van der Waals surface area contributed by atoms with Gasteiger partial charge in [0.25, 0.3) is 0 Å². The first-order valence-electron chi connectivity index (χ1n) is 8.66. The van der Waals surface area contributed by atoms with Gasteiger partial charge in [0.15, 0.2) is 0 Å². The summed E-state index contributed by atoms with van der Waals surface area (Å²) in [5, 5.41) is 30.1. The zero-order valence-corrected chi connectivity index (χ0v) is 13.2. The lowest BCUT2D eigenvalue weighted by molar-refractivity contribution is -0.0265. The maximum atomic E-state index is 10.4. The largest absolute Gasteiger partial charge is 0.508 e. The summed E-state index contributed by atoms with van der Waals surface area (Å²) in [6.07, 6.45) is 5.08. The Hall–Kier alpha value is -1.06. The van der Waals surface area contributed by atoms with Crippen molar-refractivity contribution in [2.24, 2.45) is 17.3 Å². The predicted octanol–water partition coefficient (Wildman–Crippen LogP) is 3.14. The minimum absolute atomic E-state index is 0.0651. The van der Waals surface area contributed by atoms with Gasteiger partial charge >= 0.3 is 0 Å². The molecule has 2 unspecified atom stereocenters. The van der Waals surface area contributed by atoms with Crippen molar-refractivity contribution in [2.75, 3.05) is 6.61 Å². The number of fused-ring (bicyclic) bond motifs is 5. The molecule has 0 amide bonds. The van der Waals surface area contributed by atoms with Crippen molar-refractivity contribution in [1.82, 2.24) is 0 Å². The molecule has 1 aromatic rings. The standard InChI is InChI=1S/C19H26O3/c1-19-7-6-14-13-3-2-12(21)9-15(13)11(10-20)8-16(14)17(19)4-5-18(19)22/h2-3,9,11,14,16-18,20-22H,4-8,10H2,1H3/t11?,14-,16-,17+,18?,19+/m1/s1. The number of aliphatic hydroxyl groups excluding tert-OH is 2. The molecule has 0 bridgehead atoms. The monoisotopic (exact) mass is 302 g/mol. The Morgan fingerprint density at radius 3 is 2.77 bits per heavy atom. The molecule has 2 fully saturated rings. The van der Waals surface area contributed by atoms with Crippen LogP contribution >= 0.6 is 0 Å². The normalized spacial score (nSPS) is 43.3. The van der Waals surface area contributed by atoms with Crippen molar-refractivity contribution in [3.8, 4) is 5.75 Å². The molecule has 1 aromatic carbocycles. The summed E-state index contributed by atoms with van der Waals surface area (Å²) in [6, 6.07) is 5.70. The quantitative estimate of drug-likeness (QED) is 0.747. The van der Waals surface area contributed by atoms with Crippen LogP contribution in [0.4, 0.5) is 0 Å². The summed E-state index contributed by atoms with van der Waals surface area (Å²) in [5.74, 6) is 2.08. The van der Waals surface area contributed by atoms with Crippen LogP contribution in [0.25, 0.3) is 0 Å². The molecule has 22 heavy (non-hydrogen) atoms. The Morgan fingerprint density at radius 1 is 1.18 bits per heavy atom. The van der Waals surface area contributed by atoms with Gasteiger partial charge in [0, 0.05) is 12.5 Å². The van der Waals surface area contributed by atoms with E-state index < -0.39 is 0 Å². The molecule has 0 spiro atoms. The number of aliphatic hydroxyl groups is 2. The maximum Gasteiger partial charge on any atom is 0.115 e. The Kier molecular flexibility index (Phi) is 3.28. The van der Waals surface area contributed by atoms with Crippen LogP contribution in [0.3, 0.4) is 0 Å². The van der Waals surface area contributed by atoms with E-state index in [4.69, 9.17) is 0 Å². The van der Waals surface area contributed by atoms with Crippen molar-refractivity contribution in [3.05, 3.63) is 29.3 Å². The van der Waals surface area contributed by atoms with Crippen LogP contribution in [0.5, 0.6) is 5.75 Å². The third-order valence-corrected chi connectivity index (χ3v) is 7.07. The van der Waals surface area contributed by atoms with Gasteiger partial charge in [-0.1, -0.05) is 13.0 Å². The van der Waals surface area contributed by atoms with E-state index in [-0.39, 0.29) is 24.0 Å². The average Bonchev–Trinajstić information content (AvgIpc) is 2.82. The van der Waals surface area contributed by atoms with E-state index in [1.54, 1.807) is 6.07 Å². The van der Waals surface area contributed by atoms with Crippen molar-refractivity contribution < 1.29 is 15.3 Å². The molecule has 0 aromatic heterocycles. The zero-order chi connectivity index (χ0) is 15.5. The highest BCUT2D eigenvalue weighted by molar-refractivity contribution is 5.42. The Balaban J connectivity index is 1.76.